The minimum Gasteiger partial charge on any atom is -0.349 e. The molecule has 0 aromatic carbocycles. The van der Waals surface area contributed by atoms with E-state index in [0.29, 0.717) is 28.7 Å². The van der Waals surface area contributed by atoms with Crippen LogP contribution in [-0.2, 0) is 10.2 Å². The zero-order valence-corrected chi connectivity index (χ0v) is 18.4. The first-order valence-corrected chi connectivity index (χ1v) is 10.9. The van der Waals surface area contributed by atoms with Crippen molar-refractivity contribution in [1.82, 2.24) is 15.3 Å². The van der Waals surface area contributed by atoms with Gasteiger partial charge in [0.1, 0.15) is 0 Å². The zero-order valence-electron chi connectivity index (χ0n) is 17.6. The molecule has 158 valence electrons. The van der Waals surface area contributed by atoms with Gasteiger partial charge < -0.3 is 10.2 Å². The molecular formula is C23H27ClN4O2. The van der Waals surface area contributed by atoms with E-state index in [-0.39, 0.29) is 17.9 Å². The van der Waals surface area contributed by atoms with Crippen molar-refractivity contribution >= 4 is 29.1 Å². The Morgan fingerprint density at radius 3 is 2.73 bits per heavy atom. The first-order chi connectivity index (χ1) is 14.3. The van der Waals surface area contributed by atoms with Crippen molar-refractivity contribution < 1.29 is 9.59 Å². The molecule has 0 unspecified atom stereocenters. The van der Waals surface area contributed by atoms with Crippen LogP contribution in [-0.4, -0.2) is 34.4 Å². The van der Waals surface area contributed by atoms with Crippen LogP contribution in [0.3, 0.4) is 0 Å². The third-order valence-electron chi connectivity index (χ3n) is 6.37. The summed E-state index contributed by atoms with van der Waals surface area (Å²) in [6.45, 7) is 6.41. The molecule has 1 N–H and O–H groups in total. The molecule has 30 heavy (non-hydrogen) atoms. The van der Waals surface area contributed by atoms with E-state index in [0.717, 1.165) is 37.1 Å². The molecule has 1 saturated carbocycles. The fourth-order valence-corrected chi connectivity index (χ4v) is 4.73. The van der Waals surface area contributed by atoms with Crippen LogP contribution in [0.1, 0.15) is 61.3 Å². The molecule has 2 aliphatic rings. The molecule has 1 fully saturated rings. The maximum Gasteiger partial charge on any atom is 0.253 e. The molecule has 1 aliphatic carbocycles. The van der Waals surface area contributed by atoms with Crippen molar-refractivity contribution in [3.8, 4) is 0 Å². The minimum absolute atomic E-state index is 0.121. The monoisotopic (exact) mass is 426 g/mol. The highest BCUT2D eigenvalue weighted by Crippen LogP contribution is 2.41. The Hall–Kier alpha value is -2.47. The lowest BCUT2D eigenvalue weighted by Crippen LogP contribution is -2.42. The summed E-state index contributed by atoms with van der Waals surface area (Å²) in [7, 11) is 0. The summed E-state index contributed by atoms with van der Waals surface area (Å²) in [4.78, 5) is 36.2. The Labute approximate surface area is 182 Å². The number of aryl methyl sites for hydroxylation is 1. The Balaban J connectivity index is 1.36. The smallest absolute Gasteiger partial charge is 0.253 e. The number of halogens is 1. The van der Waals surface area contributed by atoms with Gasteiger partial charge in [-0.3, -0.25) is 19.6 Å². The van der Waals surface area contributed by atoms with Gasteiger partial charge in [0.15, 0.2) is 0 Å². The Bertz CT molecular complexity index is 983. The van der Waals surface area contributed by atoms with Gasteiger partial charge in [-0.1, -0.05) is 11.6 Å². The standard InChI is InChI=1S/C23H27ClN4O2/c1-14-18(11-16(24)12-26-14)21(29)27-17-8-6-15(7-9-17)13-28-19-5-4-10-25-20(19)23(2,3)22(28)30/h4-5,10-12,15,17H,6-9,13H2,1-3H3,(H,27,29). The number of nitrogens with zero attached hydrogens (tertiary/aromatic N) is 3. The molecule has 3 heterocycles. The van der Waals surface area contributed by atoms with Crippen molar-refractivity contribution in [3.05, 3.63) is 52.6 Å². The van der Waals surface area contributed by atoms with Crippen LogP contribution < -0.4 is 10.2 Å². The Morgan fingerprint density at radius 2 is 2.00 bits per heavy atom. The SMILES string of the molecule is Cc1ncc(Cl)cc1C(=O)NC1CCC(CN2C(=O)C(C)(C)c3ncccc32)CC1. The number of hydrogen-bond donors (Lipinski definition) is 1. The van der Waals surface area contributed by atoms with Gasteiger partial charge in [0.25, 0.3) is 5.91 Å². The van der Waals surface area contributed by atoms with Crippen molar-refractivity contribution in [3.63, 3.8) is 0 Å². The second kappa shape index (κ2) is 7.99. The normalized spacial score (nSPS) is 22.7. The quantitative estimate of drug-likeness (QED) is 0.800. The summed E-state index contributed by atoms with van der Waals surface area (Å²) in [5.41, 5.74) is 2.42. The first-order valence-electron chi connectivity index (χ1n) is 10.5. The largest absolute Gasteiger partial charge is 0.349 e. The van der Waals surface area contributed by atoms with E-state index >= 15 is 0 Å². The second-order valence-corrected chi connectivity index (χ2v) is 9.33. The number of pyridine rings is 2. The highest BCUT2D eigenvalue weighted by Gasteiger charge is 2.45. The number of amides is 2. The van der Waals surface area contributed by atoms with Crippen LogP contribution in [0.5, 0.6) is 0 Å². The lowest BCUT2D eigenvalue weighted by atomic mass is 9.85. The number of rotatable bonds is 4. The van der Waals surface area contributed by atoms with Crippen molar-refractivity contribution in [2.75, 3.05) is 11.4 Å². The van der Waals surface area contributed by atoms with Crippen LogP contribution in [0.15, 0.2) is 30.6 Å². The third kappa shape index (κ3) is 3.81. The number of carbonyl (C=O) groups is 2. The summed E-state index contributed by atoms with van der Waals surface area (Å²) in [5, 5.41) is 3.59. The Morgan fingerprint density at radius 1 is 1.27 bits per heavy atom. The molecule has 0 saturated heterocycles. The number of aromatic nitrogens is 2. The van der Waals surface area contributed by atoms with Crippen molar-refractivity contribution in [1.29, 1.82) is 0 Å². The molecule has 4 rings (SSSR count). The van der Waals surface area contributed by atoms with Gasteiger partial charge in [0, 0.05) is 25.0 Å². The summed E-state index contributed by atoms with van der Waals surface area (Å²) in [6.07, 6.45) is 7.04. The predicted molar refractivity (Wildman–Crippen MR) is 117 cm³/mol. The number of fused-ring (bicyclic) bond motifs is 1. The second-order valence-electron chi connectivity index (χ2n) is 8.89. The summed E-state index contributed by atoms with van der Waals surface area (Å²) in [5.74, 6) is 0.414. The van der Waals surface area contributed by atoms with Gasteiger partial charge in [-0.05, 0) is 70.6 Å². The van der Waals surface area contributed by atoms with Crippen molar-refractivity contribution in [2.45, 2.75) is 57.9 Å². The number of nitrogens with one attached hydrogen (secondary N) is 1. The summed E-state index contributed by atoms with van der Waals surface area (Å²) in [6, 6.07) is 5.67. The number of carbonyl (C=O) groups excluding carboxylic acids is 2. The number of hydrogen-bond acceptors (Lipinski definition) is 4. The average molecular weight is 427 g/mol. The molecule has 2 aromatic rings. The molecule has 7 heteroatoms. The number of anilines is 1. The molecule has 0 spiro atoms. The van der Waals surface area contributed by atoms with Gasteiger partial charge >= 0.3 is 0 Å². The van der Waals surface area contributed by atoms with Crippen LogP contribution in [0.4, 0.5) is 5.69 Å². The van der Waals surface area contributed by atoms with Crippen LogP contribution >= 0.6 is 11.6 Å². The minimum atomic E-state index is -0.579. The topological polar surface area (TPSA) is 75.2 Å². The maximum absolute atomic E-state index is 13.0. The molecule has 0 radical (unpaired) electrons. The third-order valence-corrected chi connectivity index (χ3v) is 6.58. The Kier molecular flexibility index (Phi) is 5.53. The van der Waals surface area contributed by atoms with Crippen LogP contribution in [0.2, 0.25) is 5.02 Å². The van der Waals surface area contributed by atoms with E-state index in [2.05, 4.69) is 15.3 Å². The lowest BCUT2D eigenvalue weighted by Gasteiger charge is -2.32. The molecule has 0 bridgehead atoms. The zero-order chi connectivity index (χ0) is 21.5. The fraction of sp³-hybridized carbons (Fsp3) is 0.478. The molecule has 1 aliphatic heterocycles. The van der Waals surface area contributed by atoms with Gasteiger partial charge in [-0.2, -0.15) is 0 Å². The van der Waals surface area contributed by atoms with Crippen LogP contribution in [0, 0.1) is 12.8 Å². The van der Waals surface area contributed by atoms with Gasteiger partial charge in [-0.15, -0.1) is 0 Å². The highest BCUT2D eigenvalue weighted by molar-refractivity contribution is 6.30. The molecule has 0 atom stereocenters. The van der Waals surface area contributed by atoms with E-state index in [1.54, 1.807) is 18.5 Å². The molecular weight excluding hydrogens is 400 g/mol. The van der Waals surface area contributed by atoms with E-state index in [1.165, 1.54) is 0 Å². The highest BCUT2D eigenvalue weighted by atomic mass is 35.5. The molecule has 2 aromatic heterocycles. The van der Waals surface area contributed by atoms with Gasteiger partial charge in [0.2, 0.25) is 5.91 Å². The van der Waals surface area contributed by atoms with Gasteiger partial charge in [-0.25, -0.2) is 0 Å². The fourth-order valence-electron chi connectivity index (χ4n) is 4.57. The van der Waals surface area contributed by atoms with Crippen molar-refractivity contribution in [2.24, 2.45) is 5.92 Å². The molecule has 6 nitrogen and oxygen atoms in total. The molecule has 2 amide bonds. The maximum atomic E-state index is 13.0. The van der Waals surface area contributed by atoms with E-state index in [9.17, 15) is 9.59 Å². The van der Waals surface area contributed by atoms with Crippen LogP contribution in [0.25, 0.3) is 0 Å². The van der Waals surface area contributed by atoms with E-state index in [1.807, 2.05) is 37.8 Å². The summed E-state index contributed by atoms with van der Waals surface area (Å²) >= 11 is 5.99. The van der Waals surface area contributed by atoms with Gasteiger partial charge in [0.05, 0.1) is 33.1 Å². The average Bonchev–Trinajstić information content (AvgIpc) is 2.92. The predicted octanol–water partition coefficient (Wildman–Crippen LogP) is 4.05. The van der Waals surface area contributed by atoms with E-state index in [4.69, 9.17) is 11.6 Å². The lowest BCUT2D eigenvalue weighted by molar-refractivity contribution is -0.122. The van der Waals surface area contributed by atoms with E-state index < -0.39 is 5.41 Å². The summed E-state index contributed by atoms with van der Waals surface area (Å²) < 4.78 is 0. The first kappa shape index (κ1) is 20.8.